The molecule has 0 aromatic heterocycles. The van der Waals surface area contributed by atoms with E-state index in [-0.39, 0.29) is 168 Å². The fourth-order valence-corrected chi connectivity index (χ4v) is 32.9. The maximum Gasteiger partial charge on any atom is 1.00 e. The molecule has 15 heteroatoms. The van der Waals surface area contributed by atoms with Crippen LogP contribution in [0.1, 0.15) is 318 Å². The molecule has 18 rings (SSSR count). The van der Waals surface area contributed by atoms with Gasteiger partial charge in [0.05, 0.1) is 24.2 Å². The summed E-state index contributed by atoms with van der Waals surface area (Å²) in [7, 11) is 0. The van der Waals surface area contributed by atoms with E-state index in [1.807, 2.05) is 0 Å². The van der Waals surface area contributed by atoms with Crippen molar-refractivity contribution in [3.63, 3.8) is 0 Å². The van der Waals surface area contributed by atoms with Crippen LogP contribution in [0, 0.1) is 185 Å². The number of aliphatic hydroxyl groups is 1. The van der Waals surface area contributed by atoms with Gasteiger partial charge in [-0.15, -0.1) is 0 Å². The fourth-order valence-electron chi connectivity index (χ4n) is 32.9. The number of Topliss-reactive ketones (excluding diaryl/α,β-unsaturated/α-hetero) is 7. The van der Waals surface area contributed by atoms with Crippen molar-refractivity contribution in [2.45, 2.75) is 334 Å². The van der Waals surface area contributed by atoms with Crippen molar-refractivity contribution in [1.29, 1.82) is 0 Å². The molecule has 18 aliphatic rings. The van der Waals surface area contributed by atoms with Gasteiger partial charge in [0.25, 0.3) is 6.47 Å². The van der Waals surface area contributed by atoms with Gasteiger partial charge in [0.1, 0.15) is 34.7 Å². The van der Waals surface area contributed by atoms with Crippen molar-refractivity contribution in [2.75, 3.05) is 6.61 Å². The molecular weight excluding hydrogens is 1420 g/mol. The van der Waals surface area contributed by atoms with Crippen molar-refractivity contribution >= 4 is 47.0 Å². The molecule has 0 aromatic carbocycles. The van der Waals surface area contributed by atoms with Gasteiger partial charge in [0.2, 0.25) is 0 Å². The minimum atomic E-state index is -0.488. The van der Waals surface area contributed by atoms with Gasteiger partial charge < -0.3 is 26.2 Å². The van der Waals surface area contributed by atoms with Gasteiger partial charge in [0, 0.05) is 77.6 Å². The average Bonchev–Trinajstić information content (AvgIpc) is 1.51. The second-order valence-electron chi connectivity index (χ2n) is 43.3. The monoisotopic (exact) mass is 1560 g/mol. The first-order valence-electron chi connectivity index (χ1n) is 44.5. The van der Waals surface area contributed by atoms with Gasteiger partial charge in [-0.3, -0.25) is 38.4 Å². The van der Waals surface area contributed by atoms with E-state index in [1.54, 1.807) is 20.8 Å². The molecule has 2 saturated heterocycles. The van der Waals surface area contributed by atoms with Crippen LogP contribution >= 0.6 is 0 Å². The van der Waals surface area contributed by atoms with E-state index in [1.165, 1.54) is 116 Å². The molecule has 17 fully saturated rings. The third-order valence-corrected chi connectivity index (χ3v) is 39.1. The van der Waals surface area contributed by atoms with Gasteiger partial charge in [0.15, 0.2) is 11.6 Å². The molecule has 600 valence electrons. The summed E-state index contributed by atoms with van der Waals surface area (Å²) in [6.07, 6.45) is 38.7. The minimum Gasteiger partial charge on any atom is -1.00 e. The second kappa shape index (κ2) is 32.9. The number of ketones is 7. The molecule has 2 heterocycles. The third-order valence-electron chi connectivity index (χ3n) is 39.1. The molecule has 1 spiro atoms. The van der Waals surface area contributed by atoms with E-state index in [9.17, 15) is 38.7 Å². The number of hydrogen-bond acceptors (Lipinski definition) is 13. The van der Waals surface area contributed by atoms with Crippen molar-refractivity contribution < 1.29 is 167 Å². The summed E-state index contributed by atoms with van der Waals surface area (Å²) in [4.78, 5) is 102. The summed E-state index contributed by atoms with van der Waals surface area (Å²) in [6, 6.07) is 0. The molecule has 0 bridgehead atoms. The summed E-state index contributed by atoms with van der Waals surface area (Å²) < 4.78 is 13.2. The van der Waals surface area contributed by atoms with Crippen LogP contribution in [-0.2, 0) is 52.7 Å². The largest absolute Gasteiger partial charge is 1.00 e. The molecular formula is C94H144K2O13. The zero-order valence-corrected chi connectivity index (χ0v) is 77.6. The van der Waals surface area contributed by atoms with E-state index < -0.39 is 16.6 Å². The number of hydrogen-bond donors (Lipinski definition) is 1. The quantitative estimate of drug-likeness (QED) is 0.120. The van der Waals surface area contributed by atoms with Crippen molar-refractivity contribution in [2.24, 2.45) is 185 Å². The molecule has 0 aromatic rings. The van der Waals surface area contributed by atoms with Crippen molar-refractivity contribution in [3.05, 3.63) is 11.6 Å². The maximum atomic E-state index is 14.0. The van der Waals surface area contributed by atoms with E-state index >= 15 is 0 Å². The van der Waals surface area contributed by atoms with Gasteiger partial charge in [-0.25, -0.2) is 0 Å². The standard InChI is InChI=1S/C28H44O3.C22H34O2.C22H32O2.C21H32O3.CH2O3.2K.H/c1-16-8-10-26(4)19(12-16)6-7-20-21(26)14-24(29)27(5)22(20)13-23-25(27)18(3)28(31-23)11-9-17(2)15-30-28;2*1-13-9-10-21(3)15(11-13)5-6-16-18-8-7-17(14(2)23)22(18,4)20(24)12-19(16)21;1-12(22)16-6-7-17-15-5-4-13-10-14(23)8-9-20(13,2)18(15)11-19(24)21(16,17)3;2-1-4-3;;;/h16-23,25H,6-15H2,1-5H3;13,15-19H,5-12H2,1-4H3;7,13,15-16,18-19H,5-6,8-12H2,1-4H3;13-18,23H,4-11H2,1-3H3;1,3H;;;/q;;;;;2*+1;-1/p-1/t16-,17+,18-,19-,20?,21?,22?,23?,25?,26-,27+,28?;13-,15-,16?,17+,18?,19?,21-,22+;13-,15-,16?,18?,19?,21-,22+;13-,14-,15?,16+,17?,18?,20-,21+;;;;/m0000..../s1. The Morgan fingerprint density at radius 3 is 1.24 bits per heavy atom. The Labute approximate surface area is 743 Å². The predicted octanol–water partition coefficient (Wildman–Crippen LogP) is 12.6. The van der Waals surface area contributed by atoms with Gasteiger partial charge >= 0.3 is 103 Å². The molecule has 1 N–H and O–H groups in total. The molecule has 35 atom stereocenters. The zero-order valence-electron chi connectivity index (χ0n) is 72.3. The summed E-state index contributed by atoms with van der Waals surface area (Å²) in [5.74, 6) is 15.4. The van der Waals surface area contributed by atoms with E-state index in [4.69, 9.17) is 19.5 Å². The van der Waals surface area contributed by atoms with Crippen LogP contribution in [0.2, 0.25) is 0 Å². The van der Waals surface area contributed by atoms with Gasteiger partial charge in [-0.05, 0) is 322 Å². The Balaban J connectivity index is 0.000000143. The molecule has 0 radical (unpaired) electrons. The summed E-state index contributed by atoms with van der Waals surface area (Å²) in [6.45, 7) is 36.2. The molecule has 2 aliphatic heterocycles. The Morgan fingerprint density at radius 2 is 0.844 bits per heavy atom. The Hall–Kier alpha value is 0.0127. The van der Waals surface area contributed by atoms with Crippen LogP contribution in [0.3, 0.4) is 0 Å². The number of aliphatic hydroxyl groups excluding tert-OH is 1. The van der Waals surface area contributed by atoms with E-state index in [0.717, 1.165) is 131 Å². The van der Waals surface area contributed by atoms with Gasteiger partial charge in [-0.2, -0.15) is 0 Å². The third kappa shape index (κ3) is 14.3. The Bertz CT molecular complexity index is 3320. The number of fused-ring (bicyclic) bond motifs is 22. The Morgan fingerprint density at radius 1 is 0.468 bits per heavy atom. The van der Waals surface area contributed by atoms with Crippen LogP contribution in [0.15, 0.2) is 11.6 Å². The van der Waals surface area contributed by atoms with E-state index in [0.29, 0.717) is 141 Å². The molecule has 13 nitrogen and oxygen atoms in total. The average molecular weight is 1560 g/mol. The number of allylic oxidation sites excluding steroid dienone is 2. The van der Waals surface area contributed by atoms with Crippen molar-refractivity contribution in [3.8, 4) is 0 Å². The van der Waals surface area contributed by atoms with Crippen LogP contribution < -0.4 is 108 Å². The van der Waals surface area contributed by atoms with Crippen molar-refractivity contribution in [1.82, 2.24) is 0 Å². The summed E-state index contributed by atoms with van der Waals surface area (Å²) in [5.41, 5.74) is 0.716. The first-order chi connectivity index (χ1) is 50.4. The second-order valence-corrected chi connectivity index (χ2v) is 43.3. The number of carbonyl (C=O) groups is 8. The predicted molar refractivity (Wildman–Crippen MR) is 413 cm³/mol. The molecule has 15 unspecified atom stereocenters. The molecule has 15 saturated carbocycles. The smallest absolute Gasteiger partial charge is 1.00 e. The molecule has 0 amide bonds. The number of ether oxygens (including phenoxy) is 2. The van der Waals surface area contributed by atoms with Crippen LogP contribution in [0.4, 0.5) is 0 Å². The maximum absolute atomic E-state index is 14.0. The number of rotatable bonds is 4. The normalized spacial score (nSPS) is 52.4. The SMILES string of the molecule is CC(=O)C1=CCC2C3CC[C@H]4C[C@@H](C)CC[C@]4(C)C3CC(=O)[C@]12C.CC(=O)[C@H]1CCC2C3CC[C@H]4C[C@@H](C)CC[C@]4(C)C3CC(=O)[C@@]21C.CC(=O)[C@H]1CCC2C3CC[C@H]4C[C@@H](O)CC[C@]4(C)C3CC(=O)[C@@]21C.C[C@@H]1CCC2(OC1)OC1CC3C4CC[C@H]5C[C@@H](C)CC[C@]5(C)C4CC(=O)[C@]3(C)C1[C@@H]2C.O=CO[O-].[H-].[K+].[K+]. The fraction of sp³-hybridized carbons (Fsp3) is 0.894. The molecule has 16 aliphatic carbocycles. The Kier molecular flexibility index (Phi) is 26.6. The summed E-state index contributed by atoms with van der Waals surface area (Å²) >= 11 is 0. The topological polar surface area (TPSA) is 208 Å². The van der Waals surface area contributed by atoms with E-state index in [2.05, 4.69) is 101 Å². The first-order valence-corrected chi connectivity index (χ1v) is 44.5. The van der Waals surface area contributed by atoms with Gasteiger partial charge in [-0.1, -0.05) is 108 Å². The summed E-state index contributed by atoms with van der Waals surface area (Å²) in [5, 5.41) is 18.5. The zero-order chi connectivity index (χ0) is 77.0. The molecule has 109 heavy (non-hydrogen) atoms. The van der Waals surface area contributed by atoms with Crippen LogP contribution in [0.5, 0.6) is 0 Å². The minimum absolute atomic E-state index is 0. The van der Waals surface area contributed by atoms with Crippen LogP contribution in [0.25, 0.3) is 0 Å². The number of carbonyl (C=O) groups excluding carboxylic acids is 8. The first kappa shape index (κ1) is 88.3. The van der Waals surface area contributed by atoms with Crippen LogP contribution in [-0.4, -0.2) is 76.7 Å².